The van der Waals surface area contributed by atoms with Gasteiger partial charge in [0.1, 0.15) is 6.29 Å². The highest BCUT2D eigenvalue weighted by atomic mass is 16.5. The van der Waals surface area contributed by atoms with Crippen LogP contribution in [0.2, 0.25) is 0 Å². The summed E-state index contributed by atoms with van der Waals surface area (Å²) in [4.78, 5) is 10.8. The van der Waals surface area contributed by atoms with Crippen molar-refractivity contribution in [1.29, 1.82) is 0 Å². The van der Waals surface area contributed by atoms with E-state index in [9.17, 15) is 4.79 Å². The Labute approximate surface area is 105 Å². The summed E-state index contributed by atoms with van der Waals surface area (Å²) in [5.41, 5.74) is 0.591. The van der Waals surface area contributed by atoms with E-state index in [0.717, 1.165) is 17.1 Å². The summed E-state index contributed by atoms with van der Waals surface area (Å²) >= 11 is 0. The van der Waals surface area contributed by atoms with Gasteiger partial charge in [0.15, 0.2) is 11.5 Å². The van der Waals surface area contributed by atoms with E-state index in [2.05, 4.69) is 0 Å². The van der Waals surface area contributed by atoms with E-state index < -0.39 is 0 Å². The number of benzene rings is 2. The second-order valence-electron chi connectivity index (χ2n) is 3.74. The Bertz CT molecular complexity index is 590. The Morgan fingerprint density at radius 3 is 2.22 bits per heavy atom. The highest BCUT2D eigenvalue weighted by Gasteiger charge is 2.15. The van der Waals surface area contributed by atoms with Crippen LogP contribution in [0.25, 0.3) is 10.8 Å². The fourth-order valence-electron chi connectivity index (χ4n) is 1.96. The average Bonchev–Trinajstić information content (AvgIpc) is 2.44. The quantitative estimate of drug-likeness (QED) is 0.778. The smallest absolute Gasteiger partial charge is 0.203 e. The van der Waals surface area contributed by atoms with Crippen molar-refractivity contribution in [3.63, 3.8) is 0 Å². The van der Waals surface area contributed by atoms with Gasteiger partial charge in [-0.15, -0.1) is 0 Å². The van der Waals surface area contributed by atoms with Crippen molar-refractivity contribution in [3.05, 3.63) is 29.8 Å². The maximum absolute atomic E-state index is 10.8. The zero-order valence-corrected chi connectivity index (χ0v) is 10.5. The van der Waals surface area contributed by atoms with E-state index in [4.69, 9.17) is 14.2 Å². The van der Waals surface area contributed by atoms with Gasteiger partial charge in [-0.1, -0.05) is 12.1 Å². The molecular formula is C14H14O4. The van der Waals surface area contributed by atoms with Gasteiger partial charge in [0, 0.05) is 10.9 Å². The Morgan fingerprint density at radius 1 is 0.944 bits per heavy atom. The third kappa shape index (κ3) is 1.86. The number of carbonyl (C=O) groups is 1. The van der Waals surface area contributed by atoms with Gasteiger partial charge < -0.3 is 14.2 Å². The average molecular weight is 246 g/mol. The first-order valence-electron chi connectivity index (χ1n) is 5.43. The van der Waals surface area contributed by atoms with Gasteiger partial charge >= 0.3 is 0 Å². The molecule has 0 N–H and O–H groups in total. The molecule has 0 spiro atoms. The molecule has 0 aromatic heterocycles. The van der Waals surface area contributed by atoms with Crippen LogP contribution in [-0.2, 0) is 0 Å². The standard InChI is InChI=1S/C14H14O4/c1-16-12-7-10-5-4-9(8-15)6-11(10)13(17-2)14(12)18-3/h4-8H,1-3H3. The van der Waals surface area contributed by atoms with Crippen molar-refractivity contribution in [3.8, 4) is 17.2 Å². The Morgan fingerprint density at radius 2 is 1.67 bits per heavy atom. The minimum Gasteiger partial charge on any atom is -0.493 e. The van der Waals surface area contributed by atoms with Crippen LogP contribution < -0.4 is 14.2 Å². The van der Waals surface area contributed by atoms with Crippen molar-refractivity contribution in [2.75, 3.05) is 21.3 Å². The lowest BCUT2D eigenvalue weighted by atomic mass is 10.1. The Balaban J connectivity index is 2.83. The van der Waals surface area contributed by atoms with Crippen LogP contribution >= 0.6 is 0 Å². The molecule has 2 rings (SSSR count). The first-order valence-corrected chi connectivity index (χ1v) is 5.43. The molecule has 0 aliphatic rings. The summed E-state index contributed by atoms with van der Waals surface area (Å²) in [5, 5.41) is 1.75. The number of hydrogen-bond acceptors (Lipinski definition) is 4. The molecular weight excluding hydrogens is 232 g/mol. The molecule has 0 unspecified atom stereocenters. The van der Waals surface area contributed by atoms with Crippen LogP contribution in [0.5, 0.6) is 17.2 Å². The first kappa shape index (κ1) is 12.2. The van der Waals surface area contributed by atoms with E-state index in [-0.39, 0.29) is 0 Å². The van der Waals surface area contributed by atoms with E-state index in [1.807, 2.05) is 12.1 Å². The summed E-state index contributed by atoms with van der Waals surface area (Å²) in [6.45, 7) is 0. The van der Waals surface area contributed by atoms with Gasteiger partial charge in [0.2, 0.25) is 5.75 Å². The maximum Gasteiger partial charge on any atom is 0.203 e. The lowest BCUT2D eigenvalue weighted by Gasteiger charge is -2.14. The van der Waals surface area contributed by atoms with Crippen molar-refractivity contribution < 1.29 is 19.0 Å². The minimum absolute atomic E-state index is 0.524. The Kier molecular flexibility index (Phi) is 3.37. The predicted octanol–water partition coefficient (Wildman–Crippen LogP) is 2.68. The molecule has 0 saturated carbocycles. The number of carbonyl (C=O) groups excluding carboxylic acids is 1. The van der Waals surface area contributed by atoms with Crippen molar-refractivity contribution >= 4 is 17.1 Å². The summed E-state index contributed by atoms with van der Waals surface area (Å²) in [7, 11) is 4.68. The van der Waals surface area contributed by atoms with Gasteiger partial charge in [-0.05, 0) is 17.5 Å². The van der Waals surface area contributed by atoms with Gasteiger partial charge in [0.25, 0.3) is 0 Å². The lowest BCUT2D eigenvalue weighted by Crippen LogP contribution is -1.96. The van der Waals surface area contributed by atoms with Crippen LogP contribution in [0.1, 0.15) is 10.4 Å². The van der Waals surface area contributed by atoms with Crippen LogP contribution in [0, 0.1) is 0 Å². The second-order valence-corrected chi connectivity index (χ2v) is 3.74. The Hall–Kier alpha value is -2.23. The summed E-state index contributed by atoms with van der Waals surface area (Å²) in [5.74, 6) is 1.69. The number of fused-ring (bicyclic) bond motifs is 1. The molecule has 0 radical (unpaired) electrons. The largest absolute Gasteiger partial charge is 0.493 e. The van der Waals surface area contributed by atoms with Crippen LogP contribution in [0.3, 0.4) is 0 Å². The van der Waals surface area contributed by atoms with Gasteiger partial charge in [-0.2, -0.15) is 0 Å². The lowest BCUT2D eigenvalue weighted by molar-refractivity contribution is 0.112. The third-order valence-electron chi connectivity index (χ3n) is 2.80. The highest BCUT2D eigenvalue weighted by Crippen LogP contribution is 2.43. The van der Waals surface area contributed by atoms with Crippen LogP contribution in [-0.4, -0.2) is 27.6 Å². The third-order valence-corrected chi connectivity index (χ3v) is 2.80. The first-order chi connectivity index (χ1) is 8.74. The second kappa shape index (κ2) is 4.96. The summed E-state index contributed by atoms with van der Waals surface area (Å²) < 4.78 is 15.9. The number of hydrogen-bond donors (Lipinski definition) is 0. The number of methoxy groups -OCH3 is 3. The van der Waals surface area contributed by atoms with Crippen LogP contribution in [0.4, 0.5) is 0 Å². The molecule has 0 atom stereocenters. The SMILES string of the molecule is COc1cc2ccc(C=O)cc2c(OC)c1OC. The maximum atomic E-state index is 10.8. The molecule has 0 heterocycles. The molecule has 0 bridgehead atoms. The highest BCUT2D eigenvalue weighted by molar-refractivity contribution is 5.96. The minimum atomic E-state index is 0.524. The number of rotatable bonds is 4. The number of ether oxygens (including phenoxy) is 3. The molecule has 0 fully saturated rings. The zero-order valence-electron chi connectivity index (χ0n) is 10.5. The topological polar surface area (TPSA) is 44.8 Å². The van der Waals surface area contributed by atoms with Crippen molar-refractivity contribution in [2.45, 2.75) is 0 Å². The molecule has 0 aliphatic carbocycles. The van der Waals surface area contributed by atoms with Gasteiger partial charge in [-0.25, -0.2) is 0 Å². The summed E-state index contributed by atoms with van der Waals surface area (Å²) in [6.07, 6.45) is 0.801. The van der Waals surface area contributed by atoms with E-state index in [1.54, 1.807) is 33.5 Å². The van der Waals surface area contributed by atoms with Crippen LogP contribution in [0.15, 0.2) is 24.3 Å². The molecule has 0 saturated heterocycles. The van der Waals surface area contributed by atoms with E-state index in [0.29, 0.717) is 22.8 Å². The monoisotopic (exact) mass is 246 g/mol. The summed E-state index contributed by atoms with van der Waals surface area (Å²) in [6, 6.07) is 7.22. The van der Waals surface area contributed by atoms with Gasteiger partial charge in [0.05, 0.1) is 21.3 Å². The molecule has 94 valence electrons. The molecule has 4 nitrogen and oxygen atoms in total. The molecule has 18 heavy (non-hydrogen) atoms. The number of aldehydes is 1. The van der Waals surface area contributed by atoms with Gasteiger partial charge in [-0.3, -0.25) is 4.79 Å². The molecule has 2 aromatic rings. The van der Waals surface area contributed by atoms with E-state index >= 15 is 0 Å². The predicted molar refractivity (Wildman–Crippen MR) is 69.0 cm³/mol. The van der Waals surface area contributed by atoms with E-state index in [1.165, 1.54) is 0 Å². The van der Waals surface area contributed by atoms with Crippen molar-refractivity contribution in [2.24, 2.45) is 0 Å². The molecule has 0 amide bonds. The normalized spacial score (nSPS) is 10.2. The fourth-order valence-corrected chi connectivity index (χ4v) is 1.96. The molecule has 4 heteroatoms. The fraction of sp³-hybridized carbons (Fsp3) is 0.214. The molecule has 0 aliphatic heterocycles. The van der Waals surface area contributed by atoms with Crippen molar-refractivity contribution in [1.82, 2.24) is 0 Å². The molecule has 2 aromatic carbocycles. The zero-order chi connectivity index (χ0) is 13.1.